The van der Waals surface area contributed by atoms with Crippen molar-refractivity contribution < 1.29 is 0 Å². The zero-order valence-corrected chi connectivity index (χ0v) is 18.5. The van der Waals surface area contributed by atoms with Gasteiger partial charge in [-0.25, -0.2) is 0 Å². The minimum atomic E-state index is 0.285. The van der Waals surface area contributed by atoms with Crippen LogP contribution in [-0.2, 0) is 0 Å². The molecular weight excluding hydrogens is 340 g/mol. The fourth-order valence-electron chi connectivity index (χ4n) is 2.98. The van der Waals surface area contributed by atoms with Gasteiger partial charge >= 0.3 is 0 Å². The van der Waals surface area contributed by atoms with E-state index in [2.05, 4.69) is 77.1 Å². The average molecular weight is 377 g/mol. The molecule has 1 rings (SSSR count). The first-order valence-electron chi connectivity index (χ1n) is 10.4. The van der Waals surface area contributed by atoms with Gasteiger partial charge in [0.05, 0.1) is 11.8 Å². The molecule has 2 nitrogen and oxygen atoms in total. The van der Waals surface area contributed by atoms with Crippen LogP contribution in [-0.4, -0.2) is 12.3 Å². The predicted molar refractivity (Wildman–Crippen MR) is 123 cm³/mol. The van der Waals surface area contributed by atoms with Gasteiger partial charge in [0.15, 0.2) is 0 Å². The van der Waals surface area contributed by atoms with E-state index in [4.69, 9.17) is 4.99 Å². The number of nitriles is 1. The lowest BCUT2D eigenvalue weighted by Crippen LogP contribution is -2.08. The van der Waals surface area contributed by atoms with Crippen molar-refractivity contribution in [3.63, 3.8) is 0 Å². The monoisotopic (exact) mass is 376 g/mol. The minimum Gasteiger partial charge on any atom is -0.285 e. The number of hydrogen-bond acceptors (Lipinski definition) is 2. The Balaban J connectivity index is 3.28. The second-order valence-corrected chi connectivity index (χ2v) is 7.73. The summed E-state index contributed by atoms with van der Waals surface area (Å²) in [6.45, 7) is 13.5. The molecule has 0 heterocycles. The van der Waals surface area contributed by atoms with E-state index in [1.54, 1.807) is 0 Å². The van der Waals surface area contributed by atoms with Crippen LogP contribution in [0.2, 0.25) is 0 Å². The molecule has 2 heteroatoms. The van der Waals surface area contributed by atoms with Crippen molar-refractivity contribution in [2.24, 2.45) is 4.99 Å². The molecule has 28 heavy (non-hydrogen) atoms. The van der Waals surface area contributed by atoms with Gasteiger partial charge in [-0.15, -0.1) is 0 Å². The molecule has 0 fully saturated rings. The fraction of sp³-hybridized carbons (Fsp3) is 0.462. The Morgan fingerprint density at radius 2 is 1.79 bits per heavy atom. The maximum Gasteiger partial charge on any atom is 0.0944 e. The third kappa shape index (κ3) is 8.09. The topological polar surface area (TPSA) is 36.1 Å². The number of rotatable bonds is 10. The SMILES string of the molecule is CCCCCCN=C(/C=C(/C)C#N)c1ccccc1C(C)/C(C)=C/C=C(C)C. The van der Waals surface area contributed by atoms with E-state index in [1.807, 2.05) is 13.0 Å². The standard InChI is InChI=1S/C26H36N2/c1-7-8-9-12-17-28-26(18-21(4)19-27)25-14-11-10-13-24(25)23(6)22(5)16-15-20(2)3/h10-11,13-16,18,23H,7-9,12,17H2,1-6H3/b21-18-,22-16+,28-26?. The van der Waals surface area contributed by atoms with E-state index in [1.165, 1.54) is 36.0 Å². The molecule has 0 aliphatic rings. The van der Waals surface area contributed by atoms with Gasteiger partial charge in [-0.2, -0.15) is 5.26 Å². The van der Waals surface area contributed by atoms with Crippen LogP contribution >= 0.6 is 0 Å². The van der Waals surface area contributed by atoms with Gasteiger partial charge in [0.25, 0.3) is 0 Å². The van der Waals surface area contributed by atoms with Crippen LogP contribution < -0.4 is 0 Å². The summed E-state index contributed by atoms with van der Waals surface area (Å²) in [4.78, 5) is 4.89. The quantitative estimate of drug-likeness (QED) is 0.180. The van der Waals surface area contributed by atoms with Crippen LogP contribution in [0.5, 0.6) is 0 Å². The van der Waals surface area contributed by atoms with Crippen LogP contribution in [0.4, 0.5) is 0 Å². The van der Waals surface area contributed by atoms with Crippen molar-refractivity contribution in [3.05, 3.63) is 70.3 Å². The first-order chi connectivity index (χ1) is 13.4. The summed E-state index contributed by atoms with van der Waals surface area (Å²) >= 11 is 0. The first kappa shape index (κ1) is 23.6. The number of aliphatic imine (C=N–C) groups is 1. The van der Waals surface area contributed by atoms with Crippen LogP contribution in [0, 0.1) is 11.3 Å². The lowest BCUT2D eigenvalue weighted by Gasteiger charge is -2.18. The summed E-state index contributed by atoms with van der Waals surface area (Å²) in [6.07, 6.45) is 11.1. The van der Waals surface area contributed by atoms with Gasteiger partial charge < -0.3 is 0 Å². The molecule has 1 atom stereocenters. The molecule has 0 N–H and O–H groups in total. The Kier molecular flexibility index (Phi) is 10.9. The maximum atomic E-state index is 9.27. The Hall–Kier alpha value is -2.40. The summed E-state index contributed by atoms with van der Waals surface area (Å²) < 4.78 is 0. The molecule has 1 aromatic carbocycles. The third-order valence-electron chi connectivity index (χ3n) is 4.89. The van der Waals surface area contributed by atoms with E-state index >= 15 is 0 Å². The normalized spacial score (nSPS) is 13.8. The second kappa shape index (κ2) is 12.9. The molecule has 0 radical (unpaired) electrons. The molecule has 150 valence electrons. The van der Waals surface area contributed by atoms with Crippen LogP contribution in [0.3, 0.4) is 0 Å². The van der Waals surface area contributed by atoms with Gasteiger partial charge in [-0.1, -0.05) is 80.7 Å². The van der Waals surface area contributed by atoms with Gasteiger partial charge in [0.2, 0.25) is 0 Å². The molecule has 0 aliphatic carbocycles. The van der Waals surface area contributed by atoms with E-state index in [0.717, 1.165) is 24.2 Å². The smallest absolute Gasteiger partial charge is 0.0944 e. The first-order valence-corrected chi connectivity index (χ1v) is 10.4. The molecule has 1 aromatic rings. The molecule has 0 aromatic heterocycles. The highest BCUT2D eigenvalue weighted by atomic mass is 14.7. The molecule has 0 spiro atoms. The predicted octanol–water partition coefficient (Wildman–Crippen LogP) is 7.54. The van der Waals surface area contributed by atoms with Gasteiger partial charge in [-0.3, -0.25) is 4.99 Å². The zero-order chi connectivity index (χ0) is 20.9. The van der Waals surface area contributed by atoms with Crippen molar-refractivity contribution in [3.8, 4) is 6.07 Å². The van der Waals surface area contributed by atoms with E-state index < -0.39 is 0 Å². The van der Waals surface area contributed by atoms with Crippen molar-refractivity contribution in [1.29, 1.82) is 5.26 Å². The van der Waals surface area contributed by atoms with Gasteiger partial charge in [-0.05, 0) is 45.8 Å². The lowest BCUT2D eigenvalue weighted by molar-refractivity contribution is 0.675. The molecule has 0 amide bonds. The van der Waals surface area contributed by atoms with Crippen molar-refractivity contribution in [2.75, 3.05) is 6.54 Å². The molecule has 1 unspecified atom stereocenters. The van der Waals surface area contributed by atoms with Crippen molar-refractivity contribution >= 4 is 5.71 Å². The Bertz CT molecular complexity index is 781. The van der Waals surface area contributed by atoms with Crippen LogP contribution in [0.1, 0.15) is 84.3 Å². The van der Waals surface area contributed by atoms with Crippen molar-refractivity contribution in [1.82, 2.24) is 0 Å². The molecular formula is C26H36N2. The van der Waals surface area contributed by atoms with Gasteiger partial charge in [0, 0.05) is 23.6 Å². The Morgan fingerprint density at radius 3 is 2.43 bits per heavy atom. The lowest BCUT2D eigenvalue weighted by atomic mass is 9.87. The summed E-state index contributed by atoms with van der Waals surface area (Å²) in [5.41, 5.74) is 6.61. The number of hydrogen-bond donors (Lipinski definition) is 0. The van der Waals surface area contributed by atoms with E-state index in [-0.39, 0.29) is 5.92 Å². The van der Waals surface area contributed by atoms with Crippen LogP contribution in [0.15, 0.2) is 64.2 Å². The highest BCUT2D eigenvalue weighted by molar-refractivity contribution is 6.10. The second-order valence-electron chi connectivity index (χ2n) is 7.73. The average Bonchev–Trinajstić information content (AvgIpc) is 2.70. The molecule has 0 aliphatic heterocycles. The van der Waals surface area contributed by atoms with Crippen LogP contribution in [0.25, 0.3) is 0 Å². The minimum absolute atomic E-state index is 0.285. The Morgan fingerprint density at radius 1 is 1.07 bits per heavy atom. The Labute approximate surface area is 172 Å². The third-order valence-corrected chi connectivity index (χ3v) is 4.89. The van der Waals surface area contributed by atoms with Gasteiger partial charge in [0.1, 0.15) is 0 Å². The number of unbranched alkanes of at least 4 members (excludes halogenated alkanes) is 3. The summed E-state index contributed by atoms with van der Waals surface area (Å²) in [5.74, 6) is 0.285. The maximum absolute atomic E-state index is 9.27. The fourth-order valence-corrected chi connectivity index (χ4v) is 2.98. The summed E-state index contributed by atoms with van der Waals surface area (Å²) in [6, 6.07) is 10.7. The summed E-state index contributed by atoms with van der Waals surface area (Å²) in [7, 11) is 0. The number of nitrogens with zero attached hydrogens (tertiary/aromatic N) is 2. The number of allylic oxidation sites excluding steroid dienone is 6. The highest BCUT2D eigenvalue weighted by Crippen LogP contribution is 2.28. The number of benzene rings is 1. The molecule has 0 saturated heterocycles. The highest BCUT2D eigenvalue weighted by Gasteiger charge is 2.14. The van der Waals surface area contributed by atoms with E-state index in [9.17, 15) is 5.26 Å². The zero-order valence-electron chi connectivity index (χ0n) is 18.5. The summed E-state index contributed by atoms with van der Waals surface area (Å²) in [5, 5.41) is 9.27. The molecule has 0 saturated carbocycles. The molecule has 0 bridgehead atoms. The van der Waals surface area contributed by atoms with Crippen molar-refractivity contribution in [2.45, 2.75) is 73.1 Å². The largest absolute Gasteiger partial charge is 0.285 e. The van der Waals surface area contributed by atoms with E-state index in [0.29, 0.717) is 5.57 Å².